The molecule has 0 unspecified atom stereocenters. The van der Waals surface area contributed by atoms with Crippen LogP contribution in [0.15, 0.2) is 0 Å². The number of carboxylic acids is 1. The number of aliphatic carboxylic acids is 1. The van der Waals surface area contributed by atoms with Gasteiger partial charge in [-0.2, -0.15) is 12.6 Å². The zero-order valence-electron chi connectivity index (χ0n) is 4.24. The summed E-state index contributed by atoms with van der Waals surface area (Å²) in [5.74, 6) is -0.687. The summed E-state index contributed by atoms with van der Waals surface area (Å²) in [7, 11) is 5.05. The van der Waals surface area contributed by atoms with E-state index in [-0.39, 0.29) is 12.4 Å². The van der Waals surface area contributed by atoms with Gasteiger partial charge in [0.1, 0.15) is 0 Å². The van der Waals surface area contributed by atoms with Crippen LogP contribution in [0.25, 0.3) is 0 Å². The van der Waals surface area contributed by atoms with E-state index >= 15 is 0 Å². The summed E-state index contributed by atoms with van der Waals surface area (Å²) < 4.78 is 0. The van der Waals surface area contributed by atoms with Crippen molar-refractivity contribution in [2.24, 2.45) is 0 Å². The fraction of sp³-hybridized carbons (Fsp3) is 0.667. The van der Waals surface area contributed by atoms with Crippen LogP contribution in [0.1, 0.15) is 0 Å². The maximum absolute atomic E-state index is 9.81. The van der Waals surface area contributed by atoms with Crippen LogP contribution in [0.4, 0.5) is 0 Å². The molecule has 0 spiro atoms. The highest BCUT2D eigenvalue weighted by Gasteiger charge is 1.98. The lowest BCUT2D eigenvalue weighted by Gasteiger charge is -2.08. The van der Waals surface area contributed by atoms with E-state index in [1.807, 2.05) is 0 Å². The molecule has 0 fully saturated rings. The number of hydrogen-bond donors (Lipinski definition) is 2. The number of nitrogens with zero attached hydrogens (tertiary/aromatic N) is 1. The van der Waals surface area contributed by atoms with Crippen molar-refractivity contribution in [1.82, 2.24) is 4.81 Å². The summed E-state index contributed by atoms with van der Waals surface area (Å²) in [5, 5.41) is 8.06. The Hall–Kier alpha value is -0.155. The molecule has 0 amide bonds. The number of carboxylic acid groups (broad SMARTS) is 1. The molecule has 44 valence electrons. The molecule has 0 saturated heterocycles. The van der Waals surface area contributed by atoms with Crippen molar-refractivity contribution in [3.63, 3.8) is 0 Å². The van der Waals surface area contributed by atoms with E-state index in [0.29, 0.717) is 0 Å². The molecule has 2 radical (unpaired) electrons. The third kappa shape index (κ3) is 4.02. The zero-order chi connectivity index (χ0) is 6.57. The predicted octanol–water partition coefficient (Wildman–Crippen LogP) is -0.656. The van der Waals surface area contributed by atoms with Crippen molar-refractivity contribution in [3.8, 4) is 0 Å². The lowest BCUT2D eigenvalue weighted by molar-refractivity contribution is -0.137. The van der Waals surface area contributed by atoms with Crippen molar-refractivity contribution < 1.29 is 9.90 Å². The van der Waals surface area contributed by atoms with Crippen molar-refractivity contribution in [1.29, 1.82) is 0 Å². The molecule has 5 heteroatoms. The Balaban J connectivity index is 3.24. The number of rotatable bonds is 3. The first-order valence-corrected chi connectivity index (χ1v) is 2.62. The molecule has 8 heavy (non-hydrogen) atoms. The molecule has 0 aromatic rings. The van der Waals surface area contributed by atoms with E-state index in [2.05, 4.69) is 12.6 Å². The third-order valence-corrected chi connectivity index (χ3v) is 0.883. The maximum atomic E-state index is 9.81. The topological polar surface area (TPSA) is 40.5 Å². The number of thiol groups is 1. The lowest BCUT2D eigenvalue weighted by atomic mass is 10.3. The fourth-order valence-electron chi connectivity index (χ4n) is 0.224. The molecule has 0 heterocycles. The second-order valence-electron chi connectivity index (χ2n) is 1.28. The maximum Gasteiger partial charge on any atom is 0.316 e. The molecule has 0 aliphatic rings. The Kier molecular flexibility index (Phi) is 3.73. The summed E-state index contributed by atoms with van der Waals surface area (Å²) in [6.45, 7) is -0.163. The lowest BCUT2D eigenvalue weighted by Crippen LogP contribution is -2.25. The van der Waals surface area contributed by atoms with Gasteiger partial charge < -0.3 is 9.92 Å². The normalized spacial score (nSPS) is 9.75. The van der Waals surface area contributed by atoms with Crippen molar-refractivity contribution in [3.05, 3.63) is 0 Å². The van der Waals surface area contributed by atoms with E-state index in [4.69, 9.17) is 13.1 Å². The second kappa shape index (κ2) is 3.80. The Morgan fingerprint density at radius 2 is 2.38 bits per heavy atom. The van der Waals surface area contributed by atoms with Crippen LogP contribution in [0.2, 0.25) is 0 Å². The smallest absolute Gasteiger partial charge is 0.316 e. The quantitative estimate of drug-likeness (QED) is 0.303. The van der Waals surface area contributed by atoms with Crippen LogP contribution in [0.5, 0.6) is 0 Å². The summed E-state index contributed by atoms with van der Waals surface area (Å²) in [6.07, 6.45) is 0. The summed E-state index contributed by atoms with van der Waals surface area (Å²) in [6, 6.07) is 0. The highest BCUT2D eigenvalue weighted by atomic mass is 32.1. The second-order valence-corrected chi connectivity index (χ2v) is 1.56. The first-order valence-electron chi connectivity index (χ1n) is 1.99. The zero-order valence-corrected chi connectivity index (χ0v) is 5.14. The number of hydrogen-bond acceptors (Lipinski definition) is 3. The van der Waals surface area contributed by atoms with Crippen LogP contribution < -0.4 is 0 Å². The van der Waals surface area contributed by atoms with Gasteiger partial charge >= 0.3 is 5.97 Å². The average molecular weight is 131 g/mol. The largest absolute Gasteiger partial charge is 0.480 e. The van der Waals surface area contributed by atoms with Gasteiger partial charge in [0.2, 0.25) is 0 Å². The van der Waals surface area contributed by atoms with Crippen molar-refractivity contribution in [2.45, 2.75) is 0 Å². The highest BCUT2D eigenvalue weighted by Crippen LogP contribution is 1.81. The average Bonchev–Trinajstić information content (AvgIpc) is 1.65. The molecular formula is C3H6BNO2S. The SMILES string of the molecule is [B]N(CS)CC(=O)O. The van der Waals surface area contributed by atoms with Gasteiger partial charge in [0.05, 0.1) is 6.54 Å². The molecule has 1 N–H and O–H groups in total. The van der Waals surface area contributed by atoms with Gasteiger partial charge in [-0.25, -0.2) is 0 Å². The van der Waals surface area contributed by atoms with Crippen molar-refractivity contribution in [2.75, 3.05) is 12.4 Å². The monoisotopic (exact) mass is 131 g/mol. The van der Waals surface area contributed by atoms with E-state index in [0.717, 1.165) is 4.81 Å². The van der Waals surface area contributed by atoms with Gasteiger partial charge in [0.15, 0.2) is 7.98 Å². The highest BCUT2D eigenvalue weighted by molar-refractivity contribution is 7.80. The molecule has 0 bridgehead atoms. The first kappa shape index (κ1) is 7.84. The van der Waals surface area contributed by atoms with Crippen LogP contribution in [0.3, 0.4) is 0 Å². The number of carbonyl (C=O) groups is 1. The Bertz CT molecular complexity index is 89.4. The fourth-order valence-corrected chi connectivity index (χ4v) is 0.324. The standard InChI is InChI=1S/C3H6BNO2S/c4-5(2-8)1-3(6)7/h8H,1-2H2,(H,6,7). The van der Waals surface area contributed by atoms with E-state index in [1.54, 1.807) is 0 Å². The summed E-state index contributed by atoms with van der Waals surface area (Å²) in [4.78, 5) is 10.9. The van der Waals surface area contributed by atoms with Gasteiger partial charge in [-0.3, -0.25) is 4.79 Å². The molecule has 0 rings (SSSR count). The minimum atomic E-state index is -0.943. The molecule has 0 aromatic carbocycles. The summed E-state index contributed by atoms with van der Waals surface area (Å²) >= 11 is 3.73. The molecule has 0 aliphatic carbocycles. The van der Waals surface area contributed by atoms with Crippen LogP contribution >= 0.6 is 12.6 Å². The third-order valence-electron chi connectivity index (χ3n) is 0.520. The minimum Gasteiger partial charge on any atom is -0.480 e. The van der Waals surface area contributed by atoms with Crippen LogP contribution in [-0.4, -0.2) is 36.3 Å². The van der Waals surface area contributed by atoms with Gasteiger partial charge in [0.25, 0.3) is 0 Å². The molecule has 0 saturated carbocycles. The van der Waals surface area contributed by atoms with E-state index in [1.165, 1.54) is 0 Å². The molecular weight excluding hydrogens is 125 g/mol. The minimum absolute atomic E-state index is 0.163. The van der Waals surface area contributed by atoms with Gasteiger partial charge in [-0.05, 0) is 0 Å². The van der Waals surface area contributed by atoms with Crippen LogP contribution in [0, 0.1) is 0 Å². The van der Waals surface area contributed by atoms with Crippen LogP contribution in [-0.2, 0) is 4.79 Å². The Labute approximate surface area is 54.5 Å². The molecule has 0 aliphatic heterocycles. The van der Waals surface area contributed by atoms with Gasteiger partial charge in [0, 0.05) is 5.88 Å². The molecule has 3 nitrogen and oxygen atoms in total. The molecule has 0 aromatic heterocycles. The van der Waals surface area contributed by atoms with Gasteiger partial charge in [-0.1, -0.05) is 0 Å². The van der Waals surface area contributed by atoms with E-state index in [9.17, 15) is 4.79 Å². The molecule has 0 atom stereocenters. The van der Waals surface area contributed by atoms with Crippen molar-refractivity contribution >= 4 is 26.6 Å². The Morgan fingerprint density at radius 1 is 1.88 bits per heavy atom. The predicted molar refractivity (Wildman–Crippen MR) is 33.9 cm³/mol. The first-order chi connectivity index (χ1) is 3.66. The summed E-state index contributed by atoms with van der Waals surface area (Å²) in [5.41, 5.74) is 0. The van der Waals surface area contributed by atoms with E-state index < -0.39 is 5.97 Å². The van der Waals surface area contributed by atoms with Gasteiger partial charge in [-0.15, -0.1) is 0 Å². The Morgan fingerprint density at radius 3 is 2.50 bits per heavy atom.